The maximum absolute atomic E-state index is 4.46. The Morgan fingerprint density at radius 1 is 1.04 bits per heavy atom. The van der Waals surface area contributed by atoms with E-state index in [9.17, 15) is 0 Å². The van der Waals surface area contributed by atoms with Crippen LogP contribution in [0.3, 0.4) is 0 Å². The molecule has 2 atom stereocenters. The summed E-state index contributed by atoms with van der Waals surface area (Å²) in [4.78, 5) is 2.71. The van der Waals surface area contributed by atoms with E-state index in [1.165, 1.54) is 31.2 Å². The van der Waals surface area contributed by atoms with Crippen LogP contribution >= 0.6 is 0 Å². The second-order valence-electron chi connectivity index (χ2n) is 8.85. The first-order valence-corrected chi connectivity index (χ1v) is 9.90. The third-order valence-corrected chi connectivity index (χ3v) is 5.94. The summed E-state index contributed by atoms with van der Waals surface area (Å²) in [5, 5.41) is 8.89. The second kappa shape index (κ2) is 6.99. The van der Waals surface area contributed by atoms with E-state index in [4.69, 9.17) is 0 Å². The molecule has 4 nitrogen and oxygen atoms in total. The van der Waals surface area contributed by atoms with Gasteiger partial charge in [0, 0.05) is 30.2 Å². The van der Waals surface area contributed by atoms with Crippen molar-refractivity contribution in [1.82, 2.24) is 19.9 Å². The summed E-state index contributed by atoms with van der Waals surface area (Å²) in [6.07, 6.45) is 11.8. The summed E-state index contributed by atoms with van der Waals surface area (Å²) in [5.41, 5.74) is 2.45. The van der Waals surface area contributed by atoms with Crippen molar-refractivity contribution >= 4 is 6.08 Å². The van der Waals surface area contributed by atoms with Gasteiger partial charge in [-0.05, 0) is 31.2 Å². The Labute approximate surface area is 156 Å². The monoisotopic (exact) mass is 350 g/mol. The summed E-state index contributed by atoms with van der Waals surface area (Å²) in [6.45, 7) is 7.66. The number of fused-ring (bicyclic) bond motifs is 2. The molecule has 3 heterocycles. The van der Waals surface area contributed by atoms with Gasteiger partial charge in [0.2, 0.25) is 0 Å². The van der Waals surface area contributed by atoms with Crippen LogP contribution in [-0.2, 0) is 5.41 Å². The summed E-state index contributed by atoms with van der Waals surface area (Å²) in [7, 11) is 0. The van der Waals surface area contributed by atoms with E-state index in [0.29, 0.717) is 18.1 Å². The molecule has 2 saturated heterocycles. The predicted molar refractivity (Wildman–Crippen MR) is 106 cm³/mol. The summed E-state index contributed by atoms with van der Waals surface area (Å²) >= 11 is 0. The predicted octanol–water partition coefficient (Wildman–Crippen LogP) is 4.46. The van der Waals surface area contributed by atoms with E-state index in [1.807, 2.05) is 0 Å². The van der Waals surface area contributed by atoms with Crippen LogP contribution in [0.4, 0.5) is 0 Å². The summed E-state index contributed by atoms with van der Waals surface area (Å²) in [6, 6.07) is 12.5. The lowest BCUT2D eigenvalue weighted by Gasteiger charge is -2.38. The number of rotatable bonds is 4. The van der Waals surface area contributed by atoms with Crippen molar-refractivity contribution in [3.05, 3.63) is 53.9 Å². The van der Waals surface area contributed by atoms with Gasteiger partial charge in [-0.1, -0.05) is 68.5 Å². The smallest absolute Gasteiger partial charge is 0.0880 e. The molecular weight excluding hydrogens is 320 g/mol. The van der Waals surface area contributed by atoms with Crippen LogP contribution in [0.15, 0.2) is 42.6 Å². The molecule has 0 spiro atoms. The summed E-state index contributed by atoms with van der Waals surface area (Å²) < 4.78 is 2.14. The lowest BCUT2D eigenvalue weighted by atomic mass is 9.93. The molecular formula is C22H30N4. The quantitative estimate of drug-likeness (QED) is 0.816. The number of hydrogen-bond acceptors (Lipinski definition) is 3. The molecule has 138 valence electrons. The molecule has 0 amide bonds. The van der Waals surface area contributed by atoms with Gasteiger partial charge in [0.1, 0.15) is 0 Å². The van der Waals surface area contributed by atoms with Gasteiger partial charge in [-0.25, -0.2) is 4.68 Å². The Kier molecular flexibility index (Phi) is 4.70. The van der Waals surface area contributed by atoms with Gasteiger partial charge >= 0.3 is 0 Å². The van der Waals surface area contributed by atoms with Crippen LogP contribution < -0.4 is 0 Å². The number of piperidine rings is 1. The average molecular weight is 351 g/mol. The molecule has 4 heteroatoms. The normalized spacial score (nSPS) is 26.7. The number of nitrogens with zero attached hydrogens (tertiary/aromatic N) is 4. The zero-order valence-corrected chi connectivity index (χ0v) is 16.2. The molecule has 0 radical (unpaired) electrons. The highest BCUT2D eigenvalue weighted by Crippen LogP contribution is 2.40. The number of benzene rings is 1. The second-order valence-corrected chi connectivity index (χ2v) is 8.85. The van der Waals surface area contributed by atoms with Crippen LogP contribution in [-0.4, -0.2) is 38.5 Å². The van der Waals surface area contributed by atoms with Gasteiger partial charge in [0.05, 0.1) is 11.7 Å². The van der Waals surface area contributed by atoms with Gasteiger partial charge in [0.15, 0.2) is 0 Å². The summed E-state index contributed by atoms with van der Waals surface area (Å²) in [5.74, 6) is 0. The standard InChI is InChI=1S/C22H30N4/c1-22(2,3)21-16-26(24-23-21)20-14-18-11-12-19(15-20)25(18)13-7-10-17-8-5-4-6-9-17/h4-10,16,18-20H,11-15H2,1-3H3. The SMILES string of the molecule is CC(C)(C)c1cn(C2CC3CCC(C2)N3CC=Cc2ccccc2)nn1. The van der Waals surface area contributed by atoms with E-state index in [-0.39, 0.29) is 5.41 Å². The largest absolute Gasteiger partial charge is 0.294 e. The van der Waals surface area contributed by atoms with Gasteiger partial charge < -0.3 is 0 Å². The molecule has 2 aliphatic heterocycles. The lowest BCUT2D eigenvalue weighted by Crippen LogP contribution is -2.43. The molecule has 4 rings (SSSR count). The van der Waals surface area contributed by atoms with Gasteiger partial charge in [0.25, 0.3) is 0 Å². The Bertz CT molecular complexity index is 742. The minimum absolute atomic E-state index is 0.0696. The zero-order valence-electron chi connectivity index (χ0n) is 16.2. The van der Waals surface area contributed by atoms with Gasteiger partial charge in [-0.3, -0.25) is 4.90 Å². The first-order valence-electron chi connectivity index (χ1n) is 9.90. The Balaban J connectivity index is 1.40. The number of aromatic nitrogens is 3. The fourth-order valence-electron chi connectivity index (χ4n) is 4.43. The van der Waals surface area contributed by atoms with Crippen LogP contribution in [0.5, 0.6) is 0 Å². The zero-order chi connectivity index (χ0) is 18.1. The van der Waals surface area contributed by atoms with Crippen LogP contribution in [0, 0.1) is 0 Å². The molecule has 2 aromatic rings. The van der Waals surface area contributed by atoms with Crippen LogP contribution in [0.1, 0.15) is 63.8 Å². The molecule has 2 unspecified atom stereocenters. The van der Waals surface area contributed by atoms with Crippen LogP contribution in [0.2, 0.25) is 0 Å². The molecule has 0 saturated carbocycles. The maximum atomic E-state index is 4.46. The maximum Gasteiger partial charge on any atom is 0.0880 e. The van der Waals surface area contributed by atoms with Crippen molar-refractivity contribution in [2.24, 2.45) is 0 Å². The van der Waals surface area contributed by atoms with Gasteiger partial charge in [-0.15, -0.1) is 5.10 Å². The minimum atomic E-state index is 0.0696. The fraction of sp³-hybridized carbons (Fsp3) is 0.545. The molecule has 0 aliphatic carbocycles. The van der Waals surface area contributed by atoms with Gasteiger partial charge in [-0.2, -0.15) is 0 Å². The van der Waals surface area contributed by atoms with Crippen molar-refractivity contribution in [2.75, 3.05) is 6.54 Å². The van der Waals surface area contributed by atoms with Crippen LogP contribution in [0.25, 0.3) is 6.08 Å². The Morgan fingerprint density at radius 3 is 2.35 bits per heavy atom. The van der Waals surface area contributed by atoms with Crippen molar-refractivity contribution in [2.45, 2.75) is 70.0 Å². The molecule has 26 heavy (non-hydrogen) atoms. The van der Waals surface area contributed by atoms with E-state index in [0.717, 1.165) is 12.2 Å². The molecule has 0 N–H and O–H groups in total. The molecule has 2 bridgehead atoms. The first kappa shape index (κ1) is 17.5. The third-order valence-electron chi connectivity index (χ3n) is 5.94. The van der Waals surface area contributed by atoms with E-state index < -0.39 is 0 Å². The van der Waals surface area contributed by atoms with Crippen molar-refractivity contribution in [3.63, 3.8) is 0 Å². The first-order chi connectivity index (χ1) is 12.5. The minimum Gasteiger partial charge on any atom is -0.294 e. The fourth-order valence-corrected chi connectivity index (χ4v) is 4.43. The van der Waals surface area contributed by atoms with Crippen molar-refractivity contribution in [3.8, 4) is 0 Å². The van der Waals surface area contributed by atoms with E-state index in [2.05, 4.69) is 89.3 Å². The van der Waals surface area contributed by atoms with Crippen molar-refractivity contribution < 1.29 is 0 Å². The molecule has 1 aromatic heterocycles. The lowest BCUT2D eigenvalue weighted by molar-refractivity contribution is 0.115. The highest BCUT2D eigenvalue weighted by atomic mass is 15.4. The topological polar surface area (TPSA) is 34.0 Å². The Morgan fingerprint density at radius 2 is 1.73 bits per heavy atom. The number of hydrogen-bond donors (Lipinski definition) is 0. The highest BCUT2D eigenvalue weighted by Gasteiger charge is 2.41. The molecule has 2 aliphatic rings. The van der Waals surface area contributed by atoms with Crippen molar-refractivity contribution in [1.29, 1.82) is 0 Å². The molecule has 1 aromatic carbocycles. The Hall–Kier alpha value is -1.94. The average Bonchev–Trinajstić information content (AvgIpc) is 3.19. The van der Waals surface area contributed by atoms with E-state index >= 15 is 0 Å². The molecule has 2 fully saturated rings. The highest BCUT2D eigenvalue weighted by molar-refractivity contribution is 5.48. The van der Waals surface area contributed by atoms with E-state index in [1.54, 1.807) is 0 Å². The third kappa shape index (κ3) is 3.61.